The minimum atomic E-state index is -0.486. The number of rotatable bonds is 2. The Labute approximate surface area is 87.1 Å². The Morgan fingerprint density at radius 2 is 2.21 bits per heavy atom. The van der Waals surface area contributed by atoms with Gasteiger partial charge in [0.2, 0.25) is 5.91 Å². The molecule has 2 nitrogen and oxygen atoms in total. The van der Waals surface area contributed by atoms with Crippen LogP contribution in [0, 0.1) is 12.7 Å². The topological polar surface area (TPSA) is 29.1 Å². The zero-order valence-electron chi connectivity index (χ0n) is 8.03. The van der Waals surface area contributed by atoms with Gasteiger partial charge in [0.25, 0.3) is 0 Å². The number of carbonyl (C=O) groups is 1. The van der Waals surface area contributed by atoms with Crippen LogP contribution in [0.2, 0.25) is 5.02 Å². The summed E-state index contributed by atoms with van der Waals surface area (Å²) in [6.45, 7) is 3.31. The molecule has 0 saturated carbocycles. The monoisotopic (exact) mass is 215 g/mol. The molecule has 14 heavy (non-hydrogen) atoms. The quantitative estimate of drug-likeness (QED) is 0.807. The third kappa shape index (κ3) is 2.23. The molecule has 0 aliphatic carbocycles. The van der Waals surface area contributed by atoms with E-state index < -0.39 is 5.82 Å². The lowest BCUT2D eigenvalue weighted by atomic mass is 10.2. The number of halogens is 2. The van der Waals surface area contributed by atoms with Crippen molar-refractivity contribution in [3.63, 3.8) is 0 Å². The number of hydrogen-bond acceptors (Lipinski definition) is 1. The second kappa shape index (κ2) is 4.42. The van der Waals surface area contributed by atoms with Crippen molar-refractivity contribution in [2.24, 2.45) is 0 Å². The molecule has 0 aliphatic heterocycles. The van der Waals surface area contributed by atoms with Crippen LogP contribution < -0.4 is 5.32 Å². The lowest BCUT2D eigenvalue weighted by molar-refractivity contribution is -0.115. The molecule has 0 heterocycles. The summed E-state index contributed by atoms with van der Waals surface area (Å²) < 4.78 is 13.3. The van der Waals surface area contributed by atoms with Crippen LogP contribution in [0.4, 0.5) is 10.1 Å². The smallest absolute Gasteiger partial charge is 0.224 e. The van der Waals surface area contributed by atoms with Crippen LogP contribution in [-0.2, 0) is 4.79 Å². The van der Waals surface area contributed by atoms with Crippen LogP contribution in [0.3, 0.4) is 0 Å². The third-order valence-corrected chi connectivity index (χ3v) is 2.23. The molecule has 0 bridgehead atoms. The van der Waals surface area contributed by atoms with Gasteiger partial charge in [-0.05, 0) is 19.1 Å². The SMILES string of the molecule is CCC(=O)Nc1ccc(Cl)c(F)c1C. The standard InChI is InChI=1S/C10H11ClFNO/c1-3-9(14)13-8-5-4-7(11)10(12)6(8)2/h4-5H,3H2,1-2H3,(H,13,14). The van der Waals surface area contributed by atoms with E-state index >= 15 is 0 Å². The van der Waals surface area contributed by atoms with Gasteiger partial charge >= 0.3 is 0 Å². The fourth-order valence-corrected chi connectivity index (χ4v) is 1.23. The first kappa shape index (κ1) is 11.0. The summed E-state index contributed by atoms with van der Waals surface area (Å²) in [6.07, 6.45) is 0.365. The van der Waals surface area contributed by atoms with Crippen molar-refractivity contribution in [3.8, 4) is 0 Å². The highest BCUT2D eigenvalue weighted by molar-refractivity contribution is 6.30. The summed E-state index contributed by atoms with van der Waals surface area (Å²) in [6, 6.07) is 3.02. The van der Waals surface area contributed by atoms with Gasteiger partial charge in [-0.15, -0.1) is 0 Å². The zero-order chi connectivity index (χ0) is 10.7. The van der Waals surface area contributed by atoms with Gasteiger partial charge in [-0.3, -0.25) is 4.79 Å². The summed E-state index contributed by atoms with van der Waals surface area (Å²) in [5, 5.41) is 2.66. The fraction of sp³-hybridized carbons (Fsp3) is 0.300. The molecule has 0 fully saturated rings. The van der Waals surface area contributed by atoms with Gasteiger partial charge in [-0.25, -0.2) is 4.39 Å². The average Bonchev–Trinajstić information content (AvgIpc) is 2.19. The van der Waals surface area contributed by atoms with E-state index in [4.69, 9.17) is 11.6 Å². The molecule has 1 aromatic rings. The Morgan fingerprint density at radius 1 is 1.57 bits per heavy atom. The van der Waals surface area contributed by atoms with Gasteiger partial charge in [-0.1, -0.05) is 18.5 Å². The Balaban J connectivity index is 3.00. The molecule has 76 valence electrons. The molecule has 0 saturated heterocycles. The first-order valence-electron chi connectivity index (χ1n) is 4.30. The van der Waals surface area contributed by atoms with Gasteiger partial charge < -0.3 is 5.32 Å². The lowest BCUT2D eigenvalue weighted by Gasteiger charge is -2.08. The molecular weight excluding hydrogens is 205 g/mol. The van der Waals surface area contributed by atoms with Gasteiger partial charge in [0.05, 0.1) is 5.02 Å². The Bertz CT molecular complexity index is 365. The molecule has 0 aromatic heterocycles. The number of nitrogens with one attached hydrogen (secondary N) is 1. The van der Waals surface area contributed by atoms with Crippen LogP contribution in [-0.4, -0.2) is 5.91 Å². The average molecular weight is 216 g/mol. The highest BCUT2D eigenvalue weighted by Gasteiger charge is 2.09. The van der Waals surface area contributed by atoms with Crippen molar-refractivity contribution in [1.82, 2.24) is 0 Å². The van der Waals surface area contributed by atoms with Crippen molar-refractivity contribution in [2.75, 3.05) is 5.32 Å². The predicted octanol–water partition coefficient (Wildman–Crippen LogP) is 3.14. The van der Waals surface area contributed by atoms with Crippen LogP contribution in [0.1, 0.15) is 18.9 Å². The van der Waals surface area contributed by atoms with Crippen LogP contribution in [0.5, 0.6) is 0 Å². The lowest BCUT2D eigenvalue weighted by Crippen LogP contribution is -2.11. The second-order valence-electron chi connectivity index (χ2n) is 2.94. The number of hydrogen-bond donors (Lipinski definition) is 1. The highest BCUT2D eigenvalue weighted by Crippen LogP contribution is 2.24. The molecule has 4 heteroatoms. The van der Waals surface area contributed by atoms with Crippen molar-refractivity contribution in [1.29, 1.82) is 0 Å². The maximum absolute atomic E-state index is 13.3. The summed E-state index contributed by atoms with van der Waals surface area (Å²) in [4.78, 5) is 11.1. The molecule has 0 radical (unpaired) electrons. The largest absolute Gasteiger partial charge is 0.326 e. The van der Waals surface area contributed by atoms with E-state index in [1.54, 1.807) is 19.9 Å². The molecule has 1 aromatic carbocycles. The molecular formula is C10H11ClFNO. The van der Waals surface area contributed by atoms with E-state index in [0.29, 0.717) is 17.7 Å². The Morgan fingerprint density at radius 3 is 2.79 bits per heavy atom. The van der Waals surface area contributed by atoms with Gasteiger partial charge in [0.15, 0.2) is 0 Å². The minimum Gasteiger partial charge on any atom is -0.326 e. The Kier molecular flexibility index (Phi) is 3.47. The minimum absolute atomic E-state index is 0.0667. The zero-order valence-corrected chi connectivity index (χ0v) is 8.78. The van der Waals surface area contributed by atoms with Crippen molar-refractivity contribution >= 4 is 23.2 Å². The third-order valence-electron chi connectivity index (χ3n) is 1.93. The first-order chi connectivity index (χ1) is 6.56. The number of anilines is 1. The van der Waals surface area contributed by atoms with E-state index in [1.165, 1.54) is 6.07 Å². The number of benzene rings is 1. The maximum Gasteiger partial charge on any atom is 0.224 e. The number of carbonyl (C=O) groups excluding carboxylic acids is 1. The Hall–Kier alpha value is -1.09. The summed E-state index contributed by atoms with van der Waals surface area (Å²) in [7, 11) is 0. The summed E-state index contributed by atoms with van der Waals surface area (Å²) in [5.74, 6) is -0.629. The predicted molar refractivity (Wildman–Crippen MR) is 55.1 cm³/mol. The van der Waals surface area contributed by atoms with E-state index in [0.717, 1.165) is 0 Å². The molecule has 1 N–H and O–H groups in total. The van der Waals surface area contributed by atoms with Crippen LogP contribution in [0.25, 0.3) is 0 Å². The molecule has 0 spiro atoms. The maximum atomic E-state index is 13.3. The van der Waals surface area contributed by atoms with Gasteiger partial charge in [0.1, 0.15) is 5.82 Å². The molecule has 0 unspecified atom stereocenters. The van der Waals surface area contributed by atoms with Crippen molar-refractivity contribution < 1.29 is 9.18 Å². The van der Waals surface area contributed by atoms with Crippen molar-refractivity contribution in [3.05, 3.63) is 28.5 Å². The van der Waals surface area contributed by atoms with Crippen LogP contribution >= 0.6 is 11.6 Å². The summed E-state index contributed by atoms with van der Waals surface area (Å²) >= 11 is 5.57. The molecule has 1 rings (SSSR count). The number of amides is 1. The van der Waals surface area contributed by atoms with E-state index in [9.17, 15) is 9.18 Å². The van der Waals surface area contributed by atoms with Crippen LogP contribution in [0.15, 0.2) is 12.1 Å². The first-order valence-corrected chi connectivity index (χ1v) is 4.68. The fourth-order valence-electron chi connectivity index (χ4n) is 1.03. The van der Waals surface area contributed by atoms with E-state index in [2.05, 4.69) is 5.32 Å². The second-order valence-corrected chi connectivity index (χ2v) is 3.34. The van der Waals surface area contributed by atoms with Gasteiger partial charge in [-0.2, -0.15) is 0 Å². The van der Waals surface area contributed by atoms with E-state index in [-0.39, 0.29) is 10.9 Å². The molecule has 0 aliphatic rings. The van der Waals surface area contributed by atoms with Gasteiger partial charge in [0, 0.05) is 17.7 Å². The van der Waals surface area contributed by atoms with E-state index in [1.807, 2.05) is 0 Å². The summed E-state index contributed by atoms with van der Waals surface area (Å²) in [5.41, 5.74) is 0.832. The normalized spacial score (nSPS) is 10.0. The molecule has 0 atom stereocenters. The highest BCUT2D eigenvalue weighted by atomic mass is 35.5. The van der Waals surface area contributed by atoms with Crippen molar-refractivity contribution in [2.45, 2.75) is 20.3 Å². The molecule has 1 amide bonds.